The predicted octanol–water partition coefficient (Wildman–Crippen LogP) is 4.91. The van der Waals surface area contributed by atoms with Crippen molar-refractivity contribution >= 4 is 34.7 Å². The molecule has 4 nitrogen and oxygen atoms in total. The third-order valence-corrected chi connectivity index (χ3v) is 5.99. The van der Waals surface area contributed by atoms with Crippen LogP contribution < -0.4 is 4.90 Å². The molecule has 0 spiro atoms. The molecule has 2 aliphatic heterocycles. The summed E-state index contributed by atoms with van der Waals surface area (Å²) in [5, 5.41) is 0.601. The zero-order valence-electron chi connectivity index (χ0n) is 17.0. The van der Waals surface area contributed by atoms with Crippen LogP contribution in [0, 0.1) is 18.8 Å². The van der Waals surface area contributed by atoms with Crippen molar-refractivity contribution < 1.29 is 9.59 Å². The molecule has 2 aromatic rings. The molecule has 29 heavy (non-hydrogen) atoms. The van der Waals surface area contributed by atoms with Gasteiger partial charge in [-0.25, -0.2) is 4.90 Å². The Kier molecular flexibility index (Phi) is 5.22. The minimum absolute atomic E-state index is 0.240. The number of carbonyl (C=O) groups is 2. The maximum atomic E-state index is 13.6. The molecule has 150 valence electrons. The third kappa shape index (κ3) is 3.58. The first-order valence-electron chi connectivity index (χ1n) is 10.1. The number of nitrogens with zero attached hydrogens (tertiary/aromatic N) is 2. The number of para-hydroxylation sites is 1. The number of likely N-dealkylation sites (tertiary alicyclic amines) is 1. The zero-order valence-corrected chi connectivity index (χ0v) is 17.7. The molecule has 4 rings (SSSR count). The highest BCUT2D eigenvalue weighted by Crippen LogP contribution is 2.38. The van der Waals surface area contributed by atoms with E-state index in [1.165, 1.54) is 4.90 Å². The highest BCUT2D eigenvalue weighted by molar-refractivity contribution is 6.45. The number of benzene rings is 2. The first-order chi connectivity index (χ1) is 13.9. The lowest BCUT2D eigenvalue weighted by Gasteiger charge is -2.37. The molecule has 2 heterocycles. The van der Waals surface area contributed by atoms with Crippen molar-refractivity contribution in [3.63, 3.8) is 0 Å². The van der Waals surface area contributed by atoms with E-state index in [2.05, 4.69) is 18.7 Å². The molecule has 5 heteroatoms. The average molecular weight is 409 g/mol. The van der Waals surface area contributed by atoms with Crippen molar-refractivity contribution in [3.05, 3.63) is 70.4 Å². The van der Waals surface area contributed by atoms with Gasteiger partial charge in [-0.15, -0.1) is 0 Å². The van der Waals surface area contributed by atoms with Crippen LogP contribution in [0.4, 0.5) is 5.69 Å². The van der Waals surface area contributed by atoms with Crippen LogP contribution in [0.25, 0.3) is 5.57 Å². The van der Waals surface area contributed by atoms with Gasteiger partial charge in [0.25, 0.3) is 11.8 Å². The number of hydrogen-bond acceptors (Lipinski definition) is 3. The van der Waals surface area contributed by atoms with E-state index in [1.54, 1.807) is 12.1 Å². The molecule has 2 atom stereocenters. The van der Waals surface area contributed by atoms with Gasteiger partial charge in [-0.1, -0.05) is 55.8 Å². The summed E-state index contributed by atoms with van der Waals surface area (Å²) in [7, 11) is 0. The molecule has 2 amide bonds. The van der Waals surface area contributed by atoms with Crippen molar-refractivity contribution in [3.8, 4) is 0 Å². The zero-order chi connectivity index (χ0) is 20.7. The van der Waals surface area contributed by atoms with Crippen molar-refractivity contribution in [1.29, 1.82) is 0 Å². The summed E-state index contributed by atoms with van der Waals surface area (Å²) in [6.45, 7) is 7.87. The number of halogens is 1. The summed E-state index contributed by atoms with van der Waals surface area (Å²) < 4.78 is 0. The van der Waals surface area contributed by atoms with Crippen LogP contribution in [0.5, 0.6) is 0 Å². The Bertz CT molecular complexity index is 986. The summed E-state index contributed by atoms with van der Waals surface area (Å²) in [4.78, 5) is 30.6. The lowest BCUT2D eigenvalue weighted by molar-refractivity contribution is -0.120. The number of rotatable bonds is 3. The standard InChI is InChI=1S/C24H25ClN2O2/c1-15-12-16(2)14-26(13-15)22-21(18-8-10-19(25)11-9-18)23(28)27(24(22)29)20-7-5-4-6-17(20)3/h4-11,15-16H,12-14H2,1-3H3. The van der Waals surface area contributed by atoms with Gasteiger partial charge in [-0.05, 0) is 54.5 Å². The van der Waals surface area contributed by atoms with Crippen molar-refractivity contribution in [1.82, 2.24) is 4.90 Å². The van der Waals surface area contributed by atoms with Gasteiger partial charge in [0.1, 0.15) is 5.70 Å². The second-order valence-corrected chi connectivity index (χ2v) is 8.75. The first-order valence-corrected chi connectivity index (χ1v) is 10.4. The normalized spacial score (nSPS) is 22.6. The Morgan fingerprint density at radius 2 is 1.52 bits per heavy atom. The quantitative estimate of drug-likeness (QED) is 0.677. The maximum absolute atomic E-state index is 13.6. The molecule has 1 saturated heterocycles. The van der Waals surface area contributed by atoms with Gasteiger partial charge < -0.3 is 4.90 Å². The Morgan fingerprint density at radius 1 is 0.897 bits per heavy atom. The minimum atomic E-state index is -0.271. The van der Waals surface area contributed by atoms with Gasteiger partial charge in [0.05, 0.1) is 11.3 Å². The van der Waals surface area contributed by atoms with Gasteiger partial charge in [0.2, 0.25) is 0 Å². The summed E-state index contributed by atoms with van der Waals surface area (Å²) in [5.41, 5.74) is 3.24. The molecule has 0 bridgehead atoms. The molecular weight excluding hydrogens is 384 g/mol. The van der Waals surface area contributed by atoms with Gasteiger partial charge in [-0.2, -0.15) is 0 Å². The van der Waals surface area contributed by atoms with Crippen LogP contribution >= 0.6 is 11.6 Å². The molecular formula is C24H25ClN2O2. The number of hydrogen-bond donors (Lipinski definition) is 0. The highest BCUT2D eigenvalue weighted by atomic mass is 35.5. The Labute approximate surface area is 176 Å². The lowest BCUT2D eigenvalue weighted by Crippen LogP contribution is -2.42. The van der Waals surface area contributed by atoms with Crippen molar-refractivity contribution in [2.24, 2.45) is 11.8 Å². The third-order valence-electron chi connectivity index (χ3n) is 5.73. The lowest BCUT2D eigenvalue weighted by atomic mass is 9.91. The molecule has 0 N–H and O–H groups in total. The monoisotopic (exact) mass is 408 g/mol. The van der Waals surface area contributed by atoms with Crippen LogP contribution in [0.15, 0.2) is 54.2 Å². The second kappa shape index (κ2) is 7.68. The topological polar surface area (TPSA) is 40.6 Å². The van der Waals surface area contributed by atoms with Crippen molar-refractivity contribution in [2.75, 3.05) is 18.0 Å². The number of imide groups is 1. The van der Waals surface area contributed by atoms with Gasteiger partial charge in [0, 0.05) is 18.1 Å². The molecule has 2 aromatic carbocycles. The van der Waals surface area contributed by atoms with Crippen LogP contribution in [0.1, 0.15) is 31.4 Å². The Balaban J connectivity index is 1.85. The Hall–Kier alpha value is -2.59. The van der Waals surface area contributed by atoms with E-state index < -0.39 is 0 Å². The highest BCUT2D eigenvalue weighted by Gasteiger charge is 2.44. The average Bonchev–Trinajstić information content (AvgIpc) is 2.93. The van der Waals surface area contributed by atoms with E-state index >= 15 is 0 Å². The van der Waals surface area contributed by atoms with Gasteiger partial charge in [-0.3, -0.25) is 9.59 Å². The fourth-order valence-corrected chi connectivity index (χ4v) is 4.69. The predicted molar refractivity (Wildman–Crippen MR) is 117 cm³/mol. The summed E-state index contributed by atoms with van der Waals surface area (Å²) in [5.74, 6) is 0.421. The van der Waals surface area contributed by atoms with Crippen molar-refractivity contribution in [2.45, 2.75) is 27.2 Å². The van der Waals surface area contributed by atoms with E-state index in [-0.39, 0.29) is 11.8 Å². The Morgan fingerprint density at radius 3 is 2.14 bits per heavy atom. The first kappa shape index (κ1) is 19.7. The number of carbonyl (C=O) groups excluding carboxylic acids is 2. The number of amides is 2. The van der Waals surface area contributed by atoms with Gasteiger partial charge in [0.15, 0.2) is 0 Å². The van der Waals surface area contributed by atoms with E-state index in [1.807, 2.05) is 43.3 Å². The fraction of sp³-hybridized carbons (Fsp3) is 0.333. The summed E-state index contributed by atoms with van der Waals surface area (Å²) >= 11 is 6.06. The summed E-state index contributed by atoms with van der Waals surface area (Å²) in [6, 6.07) is 14.7. The molecule has 0 aromatic heterocycles. The number of aryl methyl sites for hydroxylation is 1. The van der Waals surface area contributed by atoms with E-state index in [4.69, 9.17) is 11.6 Å². The van der Waals surface area contributed by atoms with E-state index in [0.29, 0.717) is 33.8 Å². The van der Waals surface area contributed by atoms with Crippen LogP contribution in [0.2, 0.25) is 5.02 Å². The van der Waals surface area contributed by atoms with Gasteiger partial charge >= 0.3 is 0 Å². The van der Waals surface area contributed by atoms with Crippen LogP contribution in [-0.2, 0) is 9.59 Å². The molecule has 0 saturated carbocycles. The fourth-order valence-electron chi connectivity index (χ4n) is 4.57. The van der Waals surface area contributed by atoms with E-state index in [9.17, 15) is 9.59 Å². The SMILES string of the molecule is Cc1ccccc1N1C(=O)C(c2ccc(Cl)cc2)=C(N2CC(C)CC(C)C2)C1=O. The number of piperidine rings is 1. The smallest absolute Gasteiger partial charge is 0.282 e. The molecule has 2 unspecified atom stereocenters. The minimum Gasteiger partial charge on any atom is -0.366 e. The molecule has 1 fully saturated rings. The van der Waals surface area contributed by atoms with Crippen LogP contribution in [0.3, 0.4) is 0 Å². The number of anilines is 1. The molecule has 2 aliphatic rings. The second-order valence-electron chi connectivity index (χ2n) is 8.31. The van der Waals surface area contributed by atoms with E-state index in [0.717, 1.165) is 30.6 Å². The molecule has 0 aliphatic carbocycles. The summed E-state index contributed by atoms with van der Waals surface area (Å²) in [6.07, 6.45) is 1.13. The van der Waals surface area contributed by atoms with Crippen LogP contribution in [-0.4, -0.2) is 29.8 Å². The maximum Gasteiger partial charge on any atom is 0.282 e. The largest absolute Gasteiger partial charge is 0.366 e. The molecule has 0 radical (unpaired) electrons.